The Morgan fingerprint density at radius 3 is 1.77 bits per heavy atom. The largest absolute Gasteiger partial charge is 0.456 e. The Kier molecular flexibility index (Phi) is 6.98. The number of para-hydroxylation sites is 2. The molecule has 13 rings (SSSR count). The molecule has 0 N–H and O–H groups in total. The number of furan rings is 3. The van der Waals surface area contributed by atoms with Crippen LogP contribution in [-0.2, 0) is 0 Å². The number of nitrogens with zero attached hydrogens (tertiary/aromatic N) is 1. The Hall–Kier alpha value is -8.08. The maximum atomic E-state index is 6.75. The molecule has 280 valence electrons. The van der Waals surface area contributed by atoms with E-state index >= 15 is 0 Å². The molecule has 0 unspecified atom stereocenters. The topological polar surface area (TPSA) is 42.7 Å². The first-order valence-electron chi connectivity index (χ1n) is 20.3. The molecule has 60 heavy (non-hydrogen) atoms. The van der Waals surface area contributed by atoms with Gasteiger partial charge in [-0.05, 0) is 112 Å². The molecule has 0 bridgehead atoms. The standard InChI is InChI=1S/C56H33NO3/c1-2-12-37-33-54-47(30-36(37)11-1)46-32-39(24-29-52(46)59-54)41-13-5-7-16-48(41)57(49-17-9-19-53-55(49)44-27-22-35-10-3-4-14-42(35)56(44)60-53)40-25-20-34(21-26-40)38-23-28-51-45(31-38)43-15-6-8-18-50(43)58-51/h1-33H. The van der Waals surface area contributed by atoms with Gasteiger partial charge in [-0.15, -0.1) is 0 Å². The van der Waals surface area contributed by atoms with Crippen LogP contribution >= 0.6 is 0 Å². The molecular weight excluding hydrogens is 735 g/mol. The highest BCUT2D eigenvalue weighted by Gasteiger charge is 2.23. The van der Waals surface area contributed by atoms with Gasteiger partial charge in [-0.1, -0.05) is 121 Å². The van der Waals surface area contributed by atoms with Crippen molar-refractivity contribution >= 4 is 104 Å². The summed E-state index contributed by atoms with van der Waals surface area (Å²) >= 11 is 0. The molecule has 0 spiro atoms. The van der Waals surface area contributed by atoms with Crippen LogP contribution in [0, 0.1) is 0 Å². The van der Waals surface area contributed by atoms with E-state index in [1.807, 2.05) is 12.1 Å². The van der Waals surface area contributed by atoms with Crippen LogP contribution in [-0.4, -0.2) is 0 Å². The normalized spacial score (nSPS) is 12.0. The van der Waals surface area contributed by atoms with Crippen molar-refractivity contribution in [2.24, 2.45) is 0 Å². The minimum atomic E-state index is 0.845. The summed E-state index contributed by atoms with van der Waals surface area (Å²) in [5.74, 6) is 0. The summed E-state index contributed by atoms with van der Waals surface area (Å²) in [7, 11) is 0. The summed E-state index contributed by atoms with van der Waals surface area (Å²) in [5.41, 5.74) is 12.9. The van der Waals surface area contributed by atoms with Gasteiger partial charge < -0.3 is 18.2 Å². The van der Waals surface area contributed by atoms with E-state index in [0.29, 0.717) is 0 Å². The molecular formula is C56H33NO3. The number of fused-ring (bicyclic) bond motifs is 12. The molecule has 0 saturated heterocycles. The number of hydrogen-bond donors (Lipinski definition) is 0. The molecule has 3 heterocycles. The van der Waals surface area contributed by atoms with E-state index in [1.165, 1.54) is 10.8 Å². The minimum absolute atomic E-state index is 0.845. The van der Waals surface area contributed by atoms with Crippen molar-refractivity contribution in [2.75, 3.05) is 4.90 Å². The fraction of sp³-hybridized carbons (Fsp3) is 0. The summed E-state index contributed by atoms with van der Waals surface area (Å²) in [6, 6.07) is 71.0. The predicted octanol–water partition coefficient (Wildman–Crippen LogP) is 16.5. The lowest BCUT2D eigenvalue weighted by Crippen LogP contribution is -2.11. The average molecular weight is 768 g/mol. The Balaban J connectivity index is 1.02. The van der Waals surface area contributed by atoms with Crippen LogP contribution in [0.5, 0.6) is 0 Å². The lowest BCUT2D eigenvalue weighted by Gasteiger charge is -2.28. The SMILES string of the molecule is c1ccc(N(c2ccc(-c3ccc4oc5ccccc5c4c3)cc2)c2cccc3oc4c5ccccc5ccc4c23)c(-c2ccc3oc4cc5ccccc5cc4c3c2)c1. The number of benzene rings is 10. The van der Waals surface area contributed by atoms with E-state index in [9.17, 15) is 0 Å². The smallest absolute Gasteiger partial charge is 0.143 e. The van der Waals surface area contributed by atoms with Crippen molar-refractivity contribution in [2.45, 2.75) is 0 Å². The van der Waals surface area contributed by atoms with E-state index in [2.05, 4.69) is 193 Å². The third kappa shape index (κ3) is 4.98. The van der Waals surface area contributed by atoms with Gasteiger partial charge in [0.25, 0.3) is 0 Å². The Morgan fingerprint density at radius 1 is 0.300 bits per heavy atom. The number of hydrogen-bond acceptors (Lipinski definition) is 4. The van der Waals surface area contributed by atoms with Crippen molar-refractivity contribution in [3.05, 3.63) is 200 Å². The van der Waals surface area contributed by atoms with E-state index < -0.39 is 0 Å². The first kappa shape index (κ1) is 32.9. The van der Waals surface area contributed by atoms with Crippen LogP contribution in [0.2, 0.25) is 0 Å². The summed E-state index contributed by atoms with van der Waals surface area (Å²) < 4.78 is 19.3. The van der Waals surface area contributed by atoms with Crippen molar-refractivity contribution in [3.8, 4) is 22.3 Å². The van der Waals surface area contributed by atoms with Gasteiger partial charge in [0.05, 0.1) is 16.8 Å². The molecule has 0 aliphatic heterocycles. The fourth-order valence-corrected chi connectivity index (χ4v) is 9.38. The summed E-state index contributed by atoms with van der Waals surface area (Å²) in [4.78, 5) is 2.39. The zero-order valence-electron chi connectivity index (χ0n) is 32.2. The zero-order valence-corrected chi connectivity index (χ0v) is 32.2. The Morgan fingerprint density at radius 2 is 0.900 bits per heavy atom. The summed E-state index contributed by atoms with van der Waals surface area (Å²) in [5, 5.41) is 11.2. The van der Waals surface area contributed by atoms with E-state index in [4.69, 9.17) is 13.3 Å². The fourth-order valence-electron chi connectivity index (χ4n) is 9.38. The third-order valence-corrected chi connectivity index (χ3v) is 12.2. The monoisotopic (exact) mass is 767 g/mol. The average Bonchev–Trinajstić information content (AvgIpc) is 4.00. The van der Waals surface area contributed by atoms with Crippen molar-refractivity contribution in [1.29, 1.82) is 0 Å². The molecule has 0 saturated carbocycles. The van der Waals surface area contributed by atoms with Crippen LogP contribution in [0.15, 0.2) is 213 Å². The van der Waals surface area contributed by atoms with Crippen molar-refractivity contribution < 1.29 is 13.3 Å². The van der Waals surface area contributed by atoms with Crippen LogP contribution in [0.4, 0.5) is 17.1 Å². The van der Waals surface area contributed by atoms with Gasteiger partial charge in [0, 0.05) is 43.6 Å². The van der Waals surface area contributed by atoms with Crippen LogP contribution < -0.4 is 4.90 Å². The van der Waals surface area contributed by atoms with E-state index in [1.54, 1.807) is 0 Å². The van der Waals surface area contributed by atoms with Gasteiger partial charge in [-0.25, -0.2) is 0 Å². The van der Waals surface area contributed by atoms with Gasteiger partial charge >= 0.3 is 0 Å². The second kappa shape index (κ2) is 12.7. The van der Waals surface area contributed by atoms with Gasteiger partial charge in [0.2, 0.25) is 0 Å². The first-order valence-corrected chi connectivity index (χ1v) is 20.3. The highest BCUT2D eigenvalue weighted by atomic mass is 16.3. The molecule has 4 heteroatoms. The molecule has 0 amide bonds. The molecule has 13 aromatic rings. The van der Waals surface area contributed by atoms with E-state index in [-0.39, 0.29) is 0 Å². The lowest BCUT2D eigenvalue weighted by atomic mass is 9.98. The molecule has 10 aromatic carbocycles. The first-order chi connectivity index (χ1) is 29.7. The highest BCUT2D eigenvalue weighted by molar-refractivity contribution is 6.20. The number of rotatable bonds is 5. The molecule has 0 aliphatic carbocycles. The quantitative estimate of drug-likeness (QED) is 0.175. The molecule has 0 fully saturated rings. The zero-order chi connectivity index (χ0) is 39.3. The number of anilines is 3. The van der Waals surface area contributed by atoms with Crippen LogP contribution in [0.1, 0.15) is 0 Å². The van der Waals surface area contributed by atoms with Gasteiger partial charge in [0.15, 0.2) is 0 Å². The molecule has 3 aromatic heterocycles. The van der Waals surface area contributed by atoms with Crippen molar-refractivity contribution in [3.63, 3.8) is 0 Å². The van der Waals surface area contributed by atoms with Crippen LogP contribution in [0.25, 0.3) is 110 Å². The van der Waals surface area contributed by atoms with Crippen LogP contribution in [0.3, 0.4) is 0 Å². The second-order valence-corrected chi connectivity index (χ2v) is 15.6. The maximum Gasteiger partial charge on any atom is 0.143 e. The lowest BCUT2D eigenvalue weighted by molar-refractivity contribution is 0.669. The van der Waals surface area contributed by atoms with Gasteiger partial charge in [0.1, 0.15) is 33.5 Å². The summed E-state index contributed by atoms with van der Waals surface area (Å²) in [6.45, 7) is 0. The molecule has 0 radical (unpaired) electrons. The maximum absolute atomic E-state index is 6.75. The molecule has 4 nitrogen and oxygen atoms in total. The Bertz CT molecular complexity index is 3850. The van der Waals surface area contributed by atoms with Crippen molar-refractivity contribution in [1.82, 2.24) is 0 Å². The highest BCUT2D eigenvalue weighted by Crippen LogP contribution is 2.48. The van der Waals surface area contributed by atoms with Gasteiger partial charge in [-0.2, -0.15) is 0 Å². The van der Waals surface area contributed by atoms with Gasteiger partial charge in [-0.3, -0.25) is 0 Å². The molecule has 0 atom stereocenters. The summed E-state index contributed by atoms with van der Waals surface area (Å²) in [6.07, 6.45) is 0. The Labute approximate surface area is 343 Å². The second-order valence-electron chi connectivity index (χ2n) is 15.6. The predicted molar refractivity (Wildman–Crippen MR) is 249 cm³/mol. The molecule has 0 aliphatic rings. The minimum Gasteiger partial charge on any atom is -0.456 e. The third-order valence-electron chi connectivity index (χ3n) is 12.2. The van der Waals surface area contributed by atoms with E-state index in [0.717, 1.165) is 116 Å².